The minimum atomic E-state index is -0.216. The van der Waals surface area contributed by atoms with Gasteiger partial charge in [-0.2, -0.15) is 0 Å². The molecule has 1 fully saturated rings. The maximum absolute atomic E-state index is 12.2. The summed E-state index contributed by atoms with van der Waals surface area (Å²) in [6.07, 6.45) is 0.869. The van der Waals surface area contributed by atoms with E-state index in [1.165, 1.54) is 4.90 Å². The topological polar surface area (TPSA) is 49.4 Å². The highest BCUT2D eigenvalue weighted by Gasteiger charge is 2.38. The van der Waals surface area contributed by atoms with E-state index in [0.717, 1.165) is 5.56 Å². The van der Waals surface area contributed by atoms with Crippen molar-refractivity contribution in [2.24, 2.45) is 5.41 Å². The van der Waals surface area contributed by atoms with Crippen molar-refractivity contribution in [2.45, 2.75) is 32.7 Å². The SMILES string of the molecule is CNC(CN1C(=O)CC(C)(C)CC1=O)c1ccccc1. The molecule has 1 atom stereocenters. The van der Waals surface area contributed by atoms with Crippen molar-refractivity contribution in [3.05, 3.63) is 35.9 Å². The number of carbonyl (C=O) groups excluding carboxylic acids is 2. The average molecular weight is 274 g/mol. The number of carbonyl (C=O) groups is 2. The van der Waals surface area contributed by atoms with Crippen molar-refractivity contribution in [3.63, 3.8) is 0 Å². The lowest BCUT2D eigenvalue weighted by molar-refractivity contribution is -0.152. The first-order valence-electron chi connectivity index (χ1n) is 6.98. The summed E-state index contributed by atoms with van der Waals surface area (Å²) in [4.78, 5) is 25.8. The molecule has 0 spiro atoms. The highest BCUT2D eigenvalue weighted by molar-refractivity contribution is 5.98. The molecular formula is C16H22N2O2. The number of likely N-dealkylation sites (tertiary alicyclic amines) is 1. The van der Waals surface area contributed by atoms with Crippen LogP contribution in [0.3, 0.4) is 0 Å². The summed E-state index contributed by atoms with van der Waals surface area (Å²) >= 11 is 0. The molecule has 1 aromatic rings. The van der Waals surface area contributed by atoms with Gasteiger partial charge in [0.2, 0.25) is 11.8 Å². The van der Waals surface area contributed by atoms with Gasteiger partial charge in [0.05, 0.1) is 6.04 Å². The smallest absolute Gasteiger partial charge is 0.229 e. The van der Waals surface area contributed by atoms with Crippen LogP contribution >= 0.6 is 0 Å². The molecule has 0 aromatic heterocycles. The fourth-order valence-electron chi connectivity index (χ4n) is 2.65. The Balaban J connectivity index is 2.12. The Hall–Kier alpha value is -1.68. The molecular weight excluding hydrogens is 252 g/mol. The van der Waals surface area contributed by atoms with E-state index in [0.29, 0.717) is 19.4 Å². The number of amides is 2. The van der Waals surface area contributed by atoms with Gasteiger partial charge < -0.3 is 5.32 Å². The molecule has 0 saturated carbocycles. The van der Waals surface area contributed by atoms with Gasteiger partial charge in [0, 0.05) is 19.4 Å². The molecule has 1 aliphatic rings. The number of rotatable bonds is 4. The van der Waals surface area contributed by atoms with Gasteiger partial charge in [-0.05, 0) is 18.0 Å². The third-order valence-electron chi connectivity index (χ3n) is 3.78. The van der Waals surface area contributed by atoms with Gasteiger partial charge >= 0.3 is 0 Å². The summed E-state index contributed by atoms with van der Waals surface area (Å²) in [6.45, 7) is 4.33. The van der Waals surface area contributed by atoms with Gasteiger partial charge in [-0.25, -0.2) is 0 Å². The van der Waals surface area contributed by atoms with Crippen molar-refractivity contribution >= 4 is 11.8 Å². The Morgan fingerprint density at radius 2 is 1.70 bits per heavy atom. The average Bonchev–Trinajstić information content (AvgIpc) is 2.38. The zero-order chi connectivity index (χ0) is 14.8. The molecule has 1 aromatic carbocycles. The summed E-state index contributed by atoms with van der Waals surface area (Å²) in [5, 5.41) is 3.18. The molecule has 1 N–H and O–H groups in total. The Morgan fingerprint density at radius 3 is 2.20 bits per heavy atom. The van der Waals surface area contributed by atoms with Crippen molar-refractivity contribution in [1.29, 1.82) is 0 Å². The normalized spacial score (nSPS) is 20.1. The monoisotopic (exact) mass is 274 g/mol. The van der Waals surface area contributed by atoms with E-state index in [2.05, 4.69) is 5.32 Å². The highest BCUT2D eigenvalue weighted by atomic mass is 16.2. The summed E-state index contributed by atoms with van der Waals surface area (Å²) in [6, 6.07) is 9.86. The van der Waals surface area contributed by atoms with Crippen LogP contribution in [0, 0.1) is 5.41 Å². The Bertz CT molecular complexity index is 476. The first kappa shape index (κ1) is 14.7. The second-order valence-corrected chi connectivity index (χ2v) is 6.17. The van der Waals surface area contributed by atoms with Crippen LogP contribution in [0.2, 0.25) is 0 Å². The van der Waals surface area contributed by atoms with Gasteiger partial charge in [0.25, 0.3) is 0 Å². The van der Waals surface area contributed by atoms with Gasteiger partial charge in [0.1, 0.15) is 0 Å². The zero-order valence-electron chi connectivity index (χ0n) is 12.3. The number of nitrogens with one attached hydrogen (secondary N) is 1. The van der Waals surface area contributed by atoms with E-state index in [-0.39, 0.29) is 23.3 Å². The van der Waals surface area contributed by atoms with Crippen molar-refractivity contribution in [1.82, 2.24) is 10.2 Å². The molecule has 4 heteroatoms. The number of piperidine rings is 1. The number of hydrogen-bond acceptors (Lipinski definition) is 3. The molecule has 1 saturated heterocycles. The highest BCUT2D eigenvalue weighted by Crippen LogP contribution is 2.32. The number of nitrogens with zero attached hydrogens (tertiary/aromatic N) is 1. The summed E-state index contributed by atoms with van der Waals surface area (Å²) in [7, 11) is 1.85. The Kier molecular flexibility index (Phi) is 4.23. The predicted octanol–water partition coefficient (Wildman–Crippen LogP) is 2.12. The first-order valence-corrected chi connectivity index (χ1v) is 6.98. The molecule has 108 valence electrons. The van der Waals surface area contributed by atoms with E-state index >= 15 is 0 Å². The van der Waals surface area contributed by atoms with E-state index in [1.54, 1.807) is 0 Å². The minimum absolute atomic E-state index is 0.0229. The fraction of sp³-hybridized carbons (Fsp3) is 0.500. The Labute approximate surface area is 120 Å². The van der Waals surface area contributed by atoms with Crippen LogP contribution in [-0.4, -0.2) is 30.3 Å². The number of imide groups is 1. The van der Waals surface area contributed by atoms with E-state index < -0.39 is 0 Å². The molecule has 4 nitrogen and oxygen atoms in total. The minimum Gasteiger partial charge on any atom is -0.312 e. The summed E-state index contributed by atoms with van der Waals surface area (Å²) < 4.78 is 0. The lowest BCUT2D eigenvalue weighted by Crippen LogP contribution is -2.48. The third kappa shape index (κ3) is 3.25. The molecule has 0 bridgehead atoms. The zero-order valence-corrected chi connectivity index (χ0v) is 12.3. The van der Waals surface area contributed by atoms with E-state index in [1.807, 2.05) is 51.2 Å². The molecule has 1 unspecified atom stereocenters. The Morgan fingerprint density at radius 1 is 1.15 bits per heavy atom. The maximum atomic E-state index is 12.2. The van der Waals surface area contributed by atoms with E-state index in [4.69, 9.17) is 0 Å². The number of benzene rings is 1. The van der Waals surface area contributed by atoms with Crippen molar-refractivity contribution in [2.75, 3.05) is 13.6 Å². The van der Waals surface area contributed by atoms with Crippen LogP contribution < -0.4 is 5.32 Å². The molecule has 0 radical (unpaired) electrons. The quantitative estimate of drug-likeness (QED) is 0.856. The van der Waals surface area contributed by atoms with E-state index in [9.17, 15) is 9.59 Å². The molecule has 1 aliphatic heterocycles. The lowest BCUT2D eigenvalue weighted by atomic mass is 9.81. The summed E-state index contributed by atoms with van der Waals surface area (Å²) in [5.74, 6) is -0.134. The second-order valence-electron chi connectivity index (χ2n) is 6.17. The van der Waals surface area contributed by atoms with Crippen LogP contribution in [0.15, 0.2) is 30.3 Å². The van der Waals surface area contributed by atoms with Crippen LogP contribution in [0.25, 0.3) is 0 Å². The van der Waals surface area contributed by atoms with Crippen LogP contribution in [0.5, 0.6) is 0 Å². The third-order valence-corrected chi connectivity index (χ3v) is 3.78. The number of likely N-dealkylation sites (N-methyl/N-ethyl adjacent to an activating group) is 1. The second kappa shape index (κ2) is 5.75. The molecule has 0 aliphatic carbocycles. The molecule has 1 heterocycles. The van der Waals surface area contributed by atoms with Gasteiger partial charge in [0.15, 0.2) is 0 Å². The standard InChI is InChI=1S/C16H22N2O2/c1-16(2)9-14(19)18(15(20)10-16)11-13(17-3)12-7-5-4-6-8-12/h4-8,13,17H,9-11H2,1-3H3. The van der Waals surface area contributed by atoms with Gasteiger partial charge in [-0.1, -0.05) is 44.2 Å². The van der Waals surface area contributed by atoms with Crippen molar-refractivity contribution < 1.29 is 9.59 Å². The van der Waals surface area contributed by atoms with Gasteiger partial charge in [-0.15, -0.1) is 0 Å². The molecule has 20 heavy (non-hydrogen) atoms. The fourth-order valence-corrected chi connectivity index (χ4v) is 2.65. The van der Waals surface area contributed by atoms with Crippen LogP contribution in [-0.2, 0) is 9.59 Å². The number of hydrogen-bond donors (Lipinski definition) is 1. The predicted molar refractivity (Wildman–Crippen MR) is 78.0 cm³/mol. The van der Waals surface area contributed by atoms with Crippen molar-refractivity contribution in [3.8, 4) is 0 Å². The first-order chi connectivity index (χ1) is 9.43. The molecule has 2 amide bonds. The van der Waals surface area contributed by atoms with Crippen LogP contribution in [0.4, 0.5) is 0 Å². The lowest BCUT2D eigenvalue weighted by Gasteiger charge is -2.36. The van der Waals surface area contributed by atoms with Gasteiger partial charge in [-0.3, -0.25) is 14.5 Å². The molecule has 2 rings (SSSR count). The van der Waals surface area contributed by atoms with Crippen LogP contribution in [0.1, 0.15) is 38.3 Å². The summed E-state index contributed by atoms with van der Waals surface area (Å²) in [5.41, 5.74) is 0.868. The largest absolute Gasteiger partial charge is 0.312 e. The maximum Gasteiger partial charge on any atom is 0.229 e.